The molecule has 1 aliphatic rings. The highest BCUT2D eigenvalue weighted by Crippen LogP contribution is 2.34. The van der Waals surface area contributed by atoms with Crippen molar-refractivity contribution in [3.05, 3.63) is 48.0 Å². The summed E-state index contributed by atoms with van der Waals surface area (Å²) in [5.74, 6) is 0. The van der Waals surface area contributed by atoms with Crippen molar-refractivity contribution in [2.75, 3.05) is 0 Å². The molecule has 0 saturated carbocycles. The molecular formula is C13H12N4O5. The smallest absolute Gasteiger partial charge is 0.326 e. The van der Waals surface area contributed by atoms with E-state index in [1.165, 1.54) is 6.07 Å². The number of nitro benzene ring substituents is 1. The van der Waals surface area contributed by atoms with E-state index in [1.54, 1.807) is 0 Å². The first-order chi connectivity index (χ1) is 10.4. The maximum absolute atomic E-state index is 11.9. The van der Waals surface area contributed by atoms with Crippen LogP contribution in [0.4, 0.5) is 10.5 Å². The quantitative estimate of drug-likeness (QED) is 0.445. The van der Waals surface area contributed by atoms with Crippen molar-refractivity contribution in [1.82, 2.24) is 9.55 Å². The Morgan fingerprint density at radius 3 is 2.50 bits per heavy atom. The minimum Gasteiger partial charge on any atom is -0.351 e. The summed E-state index contributed by atoms with van der Waals surface area (Å²) in [4.78, 5) is 48.2. The number of aromatic amines is 1. The Labute approximate surface area is 122 Å². The zero-order valence-corrected chi connectivity index (χ0v) is 11.4. The summed E-state index contributed by atoms with van der Waals surface area (Å²) in [6.07, 6.45) is 2.51. The number of nitrogens with zero attached hydrogens (tertiary/aromatic N) is 2. The molecule has 1 aromatic heterocycles. The van der Waals surface area contributed by atoms with Gasteiger partial charge in [-0.05, 0) is 31.2 Å². The first-order valence-corrected chi connectivity index (χ1v) is 6.70. The highest BCUT2D eigenvalue weighted by molar-refractivity contribution is 5.92. The molecule has 9 nitrogen and oxygen atoms in total. The largest absolute Gasteiger partial charge is 0.351 e. The van der Waals surface area contributed by atoms with Crippen molar-refractivity contribution in [1.29, 1.82) is 0 Å². The Morgan fingerprint density at radius 2 is 1.91 bits per heavy atom. The lowest BCUT2D eigenvalue weighted by Crippen LogP contribution is -2.42. The number of hydrogen-bond donors (Lipinski definition) is 2. The molecule has 0 aliphatic heterocycles. The molecule has 0 fully saturated rings. The lowest BCUT2D eigenvalue weighted by Gasteiger charge is -2.19. The molecule has 3 N–H and O–H groups in total. The molecule has 2 aromatic rings. The number of nitro groups is 1. The lowest BCUT2D eigenvalue weighted by molar-refractivity contribution is -0.385. The van der Waals surface area contributed by atoms with Crippen molar-refractivity contribution < 1.29 is 9.72 Å². The van der Waals surface area contributed by atoms with Gasteiger partial charge < -0.3 is 10.7 Å². The van der Waals surface area contributed by atoms with Crippen LogP contribution in [0.5, 0.6) is 0 Å². The molecule has 0 spiro atoms. The third-order valence-corrected chi connectivity index (χ3v) is 3.89. The molecule has 1 aliphatic carbocycles. The van der Waals surface area contributed by atoms with Crippen LogP contribution in [0.15, 0.2) is 15.7 Å². The summed E-state index contributed by atoms with van der Waals surface area (Å²) >= 11 is 0. The summed E-state index contributed by atoms with van der Waals surface area (Å²) in [7, 11) is 0. The summed E-state index contributed by atoms with van der Waals surface area (Å²) < 4.78 is 0.599. The lowest BCUT2D eigenvalue weighted by atomic mass is 9.89. The molecular weight excluding hydrogens is 292 g/mol. The topological polar surface area (TPSA) is 141 Å². The van der Waals surface area contributed by atoms with E-state index >= 15 is 0 Å². The number of fused-ring (bicyclic) bond motifs is 3. The highest BCUT2D eigenvalue weighted by atomic mass is 16.6. The van der Waals surface area contributed by atoms with Crippen molar-refractivity contribution in [2.45, 2.75) is 25.7 Å². The highest BCUT2D eigenvalue weighted by Gasteiger charge is 2.27. The normalized spacial score (nSPS) is 13.8. The third-order valence-electron chi connectivity index (χ3n) is 3.89. The van der Waals surface area contributed by atoms with Crippen LogP contribution in [0.1, 0.15) is 24.0 Å². The molecule has 0 radical (unpaired) electrons. The number of amides is 1. The number of carbonyl (C=O) groups is 1. The van der Waals surface area contributed by atoms with Gasteiger partial charge in [-0.1, -0.05) is 0 Å². The number of primary amides is 1. The molecule has 22 heavy (non-hydrogen) atoms. The van der Waals surface area contributed by atoms with E-state index in [9.17, 15) is 24.5 Å². The fourth-order valence-corrected chi connectivity index (χ4v) is 3.01. The van der Waals surface area contributed by atoms with Crippen LogP contribution >= 0.6 is 0 Å². The summed E-state index contributed by atoms with van der Waals surface area (Å²) in [5.41, 5.74) is 4.22. The van der Waals surface area contributed by atoms with Crippen LogP contribution in [0.3, 0.4) is 0 Å². The number of aryl methyl sites for hydroxylation is 1. The average Bonchev–Trinajstić information content (AvgIpc) is 2.47. The van der Waals surface area contributed by atoms with Gasteiger partial charge in [0.25, 0.3) is 5.69 Å². The number of H-pyrrole nitrogens is 1. The molecule has 0 unspecified atom stereocenters. The Kier molecular flexibility index (Phi) is 3.05. The van der Waals surface area contributed by atoms with Gasteiger partial charge in [0.05, 0.1) is 16.0 Å². The fourth-order valence-electron chi connectivity index (χ4n) is 3.01. The van der Waals surface area contributed by atoms with E-state index in [0.717, 1.165) is 12.8 Å². The van der Waals surface area contributed by atoms with Gasteiger partial charge in [-0.25, -0.2) is 9.36 Å². The van der Waals surface area contributed by atoms with Crippen molar-refractivity contribution >= 4 is 22.8 Å². The van der Waals surface area contributed by atoms with Gasteiger partial charge in [-0.2, -0.15) is 0 Å². The van der Waals surface area contributed by atoms with Crippen molar-refractivity contribution in [2.24, 2.45) is 5.73 Å². The minimum absolute atomic E-state index is 0.0655. The number of carbonyl (C=O) groups excluding carboxylic acids is 1. The molecule has 1 heterocycles. The maximum Gasteiger partial charge on any atom is 0.326 e. The third kappa shape index (κ3) is 1.90. The summed E-state index contributed by atoms with van der Waals surface area (Å²) in [6.45, 7) is 0. The molecule has 114 valence electrons. The number of rotatable bonds is 1. The Bertz CT molecular complexity index is 940. The SMILES string of the molecule is NC(=O)n1c(=O)c(=O)[nH]c2cc([N+](=O)[O-])c3c(c21)CCCC3. The van der Waals surface area contributed by atoms with Gasteiger partial charge >= 0.3 is 17.1 Å². The van der Waals surface area contributed by atoms with E-state index in [0.29, 0.717) is 28.5 Å². The zero-order chi connectivity index (χ0) is 16.0. The summed E-state index contributed by atoms with van der Waals surface area (Å²) in [5, 5.41) is 11.2. The van der Waals surface area contributed by atoms with Crippen LogP contribution in [-0.2, 0) is 12.8 Å². The Hall–Kier alpha value is -2.97. The van der Waals surface area contributed by atoms with Gasteiger partial charge in [0.1, 0.15) is 0 Å². The standard InChI is InChI=1S/C13H12N4O5/c14-13(20)16-10-7-4-2-1-3-6(7)9(17(21)22)5-8(10)15-11(18)12(16)19/h5H,1-4H2,(H2,14,20)(H,15,18). The van der Waals surface area contributed by atoms with E-state index in [4.69, 9.17) is 5.73 Å². The molecule has 1 amide bonds. The van der Waals surface area contributed by atoms with E-state index in [1.807, 2.05) is 0 Å². The van der Waals surface area contributed by atoms with Gasteiger partial charge in [-0.15, -0.1) is 0 Å². The average molecular weight is 304 g/mol. The van der Waals surface area contributed by atoms with Crippen LogP contribution < -0.4 is 16.9 Å². The predicted molar refractivity (Wildman–Crippen MR) is 77.1 cm³/mol. The Balaban J connectivity index is 2.58. The van der Waals surface area contributed by atoms with Gasteiger partial charge in [-0.3, -0.25) is 19.7 Å². The van der Waals surface area contributed by atoms with Gasteiger partial charge in [0, 0.05) is 11.6 Å². The van der Waals surface area contributed by atoms with E-state index < -0.39 is 22.1 Å². The first-order valence-electron chi connectivity index (χ1n) is 6.70. The van der Waals surface area contributed by atoms with Crippen LogP contribution in [-0.4, -0.2) is 20.5 Å². The Morgan fingerprint density at radius 1 is 1.27 bits per heavy atom. The minimum atomic E-state index is -1.08. The number of nitrogens with one attached hydrogen (secondary N) is 1. The zero-order valence-electron chi connectivity index (χ0n) is 11.4. The maximum atomic E-state index is 11.9. The second-order valence-corrected chi connectivity index (χ2v) is 5.15. The first kappa shape index (κ1) is 14.0. The molecule has 0 saturated heterocycles. The molecule has 0 bridgehead atoms. The van der Waals surface area contributed by atoms with Gasteiger partial charge in [0.15, 0.2) is 0 Å². The number of hydrogen-bond acceptors (Lipinski definition) is 5. The molecule has 3 rings (SSSR count). The fraction of sp³-hybridized carbons (Fsp3) is 0.308. The predicted octanol–water partition coefficient (Wildman–Crippen LogP) is 0.404. The van der Waals surface area contributed by atoms with Crippen LogP contribution in [0.2, 0.25) is 0 Å². The number of aromatic nitrogens is 2. The van der Waals surface area contributed by atoms with E-state index in [2.05, 4.69) is 4.98 Å². The number of benzene rings is 1. The van der Waals surface area contributed by atoms with Crippen LogP contribution in [0, 0.1) is 10.1 Å². The molecule has 0 atom stereocenters. The molecule has 9 heteroatoms. The molecule has 1 aromatic carbocycles. The van der Waals surface area contributed by atoms with E-state index in [-0.39, 0.29) is 16.7 Å². The second-order valence-electron chi connectivity index (χ2n) is 5.15. The monoisotopic (exact) mass is 304 g/mol. The number of nitrogens with two attached hydrogens (primary N) is 1. The van der Waals surface area contributed by atoms with Crippen molar-refractivity contribution in [3.8, 4) is 0 Å². The van der Waals surface area contributed by atoms with Gasteiger partial charge in [0.2, 0.25) is 0 Å². The van der Waals surface area contributed by atoms with Crippen LogP contribution in [0.25, 0.3) is 11.0 Å². The summed E-state index contributed by atoms with van der Waals surface area (Å²) in [6, 6.07) is 0.0995. The second kappa shape index (κ2) is 4.79. The van der Waals surface area contributed by atoms with Crippen molar-refractivity contribution in [3.63, 3.8) is 0 Å².